The Bertz CT molecular complexity index is 587. The highest BCUT2D eigenvalue weighted by molar-refractivity contribution is 5.54. The molecular weight excluding hydrogens is 238 g/mol. The molecule has 2 rings (SSSR count). The fraction of sp³-hybridized carbons (Fsp3) is 0.400. The second-order valence-electron chi connectivity index (χ2n) is 4.74. The van der Waals surface area contributed by atoms with Crippen LogP contribution in [0.4, 0.5) is 5.69 Å². The molecular formula is C15H21N3O. The first-order valence-corrected chi connectivity index (χ1v) is 6.52. The largest absolute Gasteiger partial charge is 0.495 e. The second-order valence-corrected chi connectivity index (χ2v) is 4.74. The summed E-state index contributed by atoms with van der Waals surface area (Å²) in [5.41, 5.74) is 11.4. The van der Waals surface area contributed by atoms with Gasteiger partial charge in [-0.25, -0.2) is 0 Å². The first kappa shape index (κ1) is 13.5. The maximum atomic E-state index is 5.93. The van der Waals surface area contributed by atoms with Crippen LogP contribution in [0, 0.1) is 13.8 Å². The highest BCUT2D eigenvalue weighted by Crippen LogP contribution is 2.23. The monoisotopic (exact) mass is 259 g/mol. The van der Waals surface area contributed by atoms with E-state index in [1.54, 1.807) is 7.11 Å². The SMILES string of the molecule is CCc1c(C)nn(Cc2ccc(OC)c(N)c2)c1C. The van der Waals surface area contributed by atoms with Crippen LogP contribution in [-0.4, -0.2) is 16.9 Å². The molecule has 0 bridgehead atoms. The van der Waals surface area contributed by atoms with Gasteiger partial charge in [0.15, 0.2) is 0 Å². The molecule has 102 valence electrons. The molecule has 0 amide bonds. The number of aryl methyl sites for hydroxylation is 1. The molecule has 0 aliphatic heterocycles. The number of hydrogen-bond acceptors (Lipinski definition) is 3. The summed E-state index contributed by atoms with van der Waals surface area (Å²) in [6, 6.07) is 5.87. The van der Waals surface area contributed by atoms with Crippen LogP contribution in [0.25, 0.3) is 0 Å². The molecule has 19 heavy (non-hydrogen) atoms. The molecule has 0 saturated carbocycles. The predicted molar refractivity (Wildman–Crippen MR) is 77.6 cm³/mol. The number of methoxy groups -OCH3 is 1. The van der Waals surface area contributed by atoms with E-state index in [1.165, 1.54) is 11.3 Å². The lowest BCUT2D eigenvalue weighted by Gasteiger charge is -2.09. The fourth-order valence-corrected chi connectivity index (χ4v) is 2.45. The lowest BCUT2D eigenvalue weighted by atomic mass is 10.1. The van der Waals surface area contributed by atoms with Gasteiger partial charge in [0.2, 0.25) is 0 Å². The Kier molecular flexibility index (Phi) is 3.79. The van der Waals surface area contributed by atoms with Gasteiger partial charge in [-0.15, -0.1) is 0 Å². The van der Waals surface area contributed by atoms with Gasteiger partial charge in [-0.05, 0) is 43.5 Å². The summed E-state index contributed by atoms with van der Waals surface area (Å²) in [6.07, 6.45) is 1.02. The van der Waals surface area contributed by atoms with E-state index in [-0.39, 0.29) is 0 Å². The van der Waals surface area contributed by atoms with Crippen molar-refractivity contribution < 1.29 is 4.74 Å². The minimum absolute atomic E-state index is 0.664. The number of ether oxygens (including phenoxy) is 1. The molecule has 0 spiro atoms. The Balaban J connectivity index is 2.29. The Morgan fingerprint density at radius 2 is 2.05 bits per heavy atom. The Morgan fingerprint density at radius 3 is 2.58 bits per heavy atom. The summed E-state index contributed by atoms with van der Waals surface area (Å²) in [5.74, 6) is 0.714. The molecule has 1 aromatic carbocycles. The van der Waals surface area contributed by atoms with Crippen molar-refractivity contribution in [1.82, 2.24) is 9.78 Å². The highest BCUT2D eigenvalue weighted by atomic mass is 16.5. The van der Waals surface area contributed by atoms with E-state index in [0.29, 0.717) is 11.4 Å². The van der Waals surface area contributed by atoms with Gasteiger partial charge in [-0.1, -0.05) is 13.0 Å². The molecule has 0 aliphatic rings. The molecule has 0 aliphatic carbocycles. The van der Waals surface area contributed by atoms with E-state index in [4.69, 9.17) is 10.5 Å². The number of anilines is 1. The lowest BCUT2D eigenvalue weighted by molar-refractivity contribution is 0.417. The second kappa shape index (κ2) is 5.34. The first-order chi connectivity index (χ1) is 9.06. The molecule has 0 radical (unpaired) electrons. The maximum absolute atomic E-state index is 5.93. The molecule has 2 aromatic rings. The third kappa shape index (κ3) is 2.57. The number of hydrogen-bond donors (Lipinski definition) is 1. The Labute approximate surface area is 114 Å². The number of nitrogens with two attached hydrogens (primary N) is 1. The number of aromatic nitrogens is 2. The standard InChI is InChI=1S/C15H21N3O/c1-5-13-10(2)17-18(11(13)3)9-12-6-7-15(19-4)14(16)8-12/h6-8H,5,9,16H2,1-4H3. The summed E-state index contributed by atoms with van der Waals surface area (Å²) in [6.45, 7) is 7.07. The molecule has 4 heteroatoms. The zero-order valence-corrected chi connectivity index (χ0v) is 12.0. The van der Waals surface area contributed by atoms with Crippen molar-refractivity contribution in [3.05, 3.63) is 40.7 Å². The summed E-state index contributed by atoms with van der Waals surface area (Å²) in [7, 11) is 1.62. The van der Waals surface area contributed by atoms with E-state index in [0.717, 1.165) is 24.2 Å². The maximum Gasteiger partial charge on any atom is 0.141 e. The smallest absolute Gasteiger partial charge is 0.141 e. The molecule has 0 unspecified atom stereocenters. The molecule has 0 saturated heterocycles. The number of nitrogens with zero attached hydrogens (tertiary/aromatic N) is 2. The molecule has 0 fully saturated rings. The number of benzene rings is 1. The molecule has 1 aromatic heterocycles. The summed E-state index contributed by atoms with van der Waals surface area (Å²) < 4.78 is 7.20. The van der Waals surface area contributed by atoms with Crippen LogP contribution in [0.3, 0.4) is 0 Å². The van der Waals surface area contributed by atoms with Crippen LogP contribution in [-0.2, 0) is 13.0 Å². The first-order valence-electron chi connectivity index (χ1n) is 6.52. The van der Waals surface area contributed by atoms with Gasteiger partial charge in [-0.3, -0.25) is 4.68 Å². The minimum atomic E-state index is 0.664. The fourth-order valence-electron chi connectivity index (χ4n) is 2.45. The summed E-state index contributed by atoms with van der Waals surface area (Å²) >= 11 is 0. The third-order valence-corrected chi connectivity index (χ3v) is 3.51. The molecule has 0 atom stereocenters. The van der Waals surface area contributed by atoms with Crippen LogP contribution in [0.1, 0.15) is 29.4 Å². The van der Waals surface area contributed by atoms with Gasteiger partial charge in [0.25, 0.3) is 0 Å². The van der Waals surface area contributed by atoms with Gasteiger partial charge >= 0.3 is 0 Å². The topological polar surface area (TPSA) is 53.1 Å². The van der Waals surface area contributed by atoms with Crippen LogP contribution < -0.4 is 10.5 Å². The average molecular weight is 259 g/mol. The summed E-state index contributed by atoms with van der Waals surface area (Å²) in [4.78, 5) is 0. The quantitative estimate of drug-likeness (QED) is 0.859. The Morgan fingerprint density at radius 1 is 1.32 bits per heavy atom. The van der Waals surface area contributed by atoms with Gasteiger partial charge < -0.3 is 10.5 Å². The van der Waals surface area contributed by atoms with Crippen LogP contribution in [0.5, 0.6) is 5.75 Å². The van der Waals surface area contributed by atoms with E-state index < -0.39 is 0 Å². The van der Waals surface area contributed by atoms with E-state index >= 15 is 0 Å². The highest BCUT2D eigenvalue weighted by Gasteiger charge is 2.10. The van der Waals surface area contributed by atoms with Crippen molar-refractivity contribution in [2.45, 2.75) is 33.7 Å². The number of rotatable bonds is 4. The Hall–Kier alpha value is -1.97. The van der Waals surface area contributed by atoms with Crippen LogP contribution in [0.15, 0.2) is 18.2 Å². The molecule has 4 nitrogen and oxygen atoms in total. The molecule has 1 heterocycles. The van der Waals surface area contributed by atoms with Crippen LogP contribution >= 0.6 is 0 Å². The minimum Gasteiger partial charge on any atom is -0.495 e. The zero-order valence-electron chi connectivity index (χ0n) is 12.0. The van der Waals surface area contributed by atoms with Crippen molar-refractivity contribution in [1.29, 1.82) is 0 Å². The van der Waals surface area contributed by atoms with E-state index in [2.05, 4.69) is 25.9 Å². The predicted octanol–water partition coefficient (Wildman–Crippen LogP) is 2.70. The van der Waals surface area contributed by atoms with Gasteiger partial charge in [0, 0.05) is 5.69 Å². The van der Waals surface area contributed by atoms with Crippen molar-refractivity contribution in [2.24, 2.45) is 0 Å². The van der Waals surface area contributed by atoms with Gasteiger partial charge in [0.1, 0.15) is 5.75 Å². The normalized spacial score (nSPS) is 10.7. The van der Waals surface area contributed by atoms with Crippen molar-refractivity contribution in [3.63, 3.8) is 0 Å². The van der Waals surface area contributed by atoms with Crippen molar-refractivity contribution in [3.8, 4) is 5.75 Å². The number of nitrogen functional groups attached to an aromatic ring is 1. The lowest BCUT2D eigenvalue weighted by Crippen LogP contribution is -2.05. The van der Waals surface area contributed by atoms with E-state index in [1.807, 2.05) is 22.9 Å². The van der Waals surface area contributed by atoms with Crippen molar-refractivity contribution in [2.75, 3.05) is 12.8 Å². The van der Waals surface area contributed by atoms with Crippen LogP contribution in [0.2, 0.25) is 0 Å². The average Bonchev–Trinajstić information content (AvgIpc) is 2.64. The van der Waals surface area contributed by atoms with Crippen molar-refractivity contribution >= 4 is 5.69 Å². The van der Waals surface area contributed by atoms with Gasteiger partial charge in [-0.2, -0.15) is 5.10 Å². The summed E-state index contributed by atoms with van der Waals surface area (Å²) in [5, 5.41) is 4.59. The zero-order chi connectivity index (χ0) is 14.0. The molecule has 2 N–H and O–H groups in total. The third-order valence-electron chi connectivity index (χ3n) is 3.51. The van der Waals surface area contributed by atoms with Gasteiger partial charge in [0.05, 0.1) is 25.0 Å². The van der Waals surface area contributed by atoms with E-state index in [9.17, 15) is 0 Å².